The number of benzene rings is 1. The molecule has 2 heterocycles. The number of aromatic nitrogens is 2. The van der Waals surface area contributed by atoms with E-state index in [0.717, 1.165) is 5.56 Å². The molecule has 0 saturated heterocycles. The van der Waals surface area contributed by atoms with E-state index in [2.05, 4.69) is 4.98 Å². The lowest BCUT2D eigenvalue weighted by Crippen LogP contribution is -2.33. The van der Waals surface area contributed by atoms with Crippen molar-refractivity contribution in [3.63, 3.8) is 0 Å². The normalized spacial score (nSPS) is 11.4. The van der Waals surface area contributed by atoms with Crippen LogP contribution in [0.15, 0.2) is 29.1 Å². The molecule has 0 amide bonds. The fraction of sp³-hybridized carbons (Fsp3) is 0.458. The highest BCUT2D eigenvalue weighted by Gasteiger charge is 2.21. The summed E-state index contributed by atoms with van der Waals surface area (Å²) in [6.07, 6.45) is -2.60. The highest BCUT2D eigenvalue weighted by atomic mass is 19.3. The maximum atomic E-state index is 13.4. The molecule has 3 aromatic rings. The molecule has 0 atom stereocenters. The van der Waals surface area contributed by atoms with E-state index in [4.69, 9.17) is 14.2 Å². The van der Waals surface area contributed by atoms with Gasteiger partial charge in [0.2, 0.25) is 0 Å². The van der Waals surface area contributed by atoms with Gasteiger partial charge in [-0.25, -0.2) is 13.8 Å². The second-order valence-electron chi connectivity index (χ2n) is 7.63. The van der Waals surface area contributed by atoms with Crippen LogP contribution in [0.5, 0.6) is 5.75 Å². The molecule has 0 aliphatic heterocycles. The summed E-state index contributed by atoms with van der Waals surface area (Å²) in [5, 5.41) is 0.625. The lowest BCUT2D eigenvalue weighted by atomic mass is 10.1. The van der Waals surface area contributed by atoms with Crippen LogP contribution in [0.1, 0.15) is 19.4 Å². The van der Waals surface area contributed by atoms with Crippen LogP contribution >= 0.6 is 0 Å². The number of fused-ring (bicyclic) bond motifs is 2. The molecule has 0 fully saturated rings. The van der Waals surface area contributed by atoms with Crippen molar-refractivity contribution in [2.24, 2.45) is 0 Å². The monoisotopic (exact) mass is 477 g/mol. The van der Waals surface area contributed by atoms with E-state index in [1.54, 1.807) is 29.7 Å². The average molecular weight is 478 g/mol. The molecule has 184 valence electrons. The summed E-state index contributed by atoms with van der Waals surface area (Å²) in [5.41, 5.74) is 1.09. The van der Waals surface area contributed by atoms with Gasteiger partial charge < -0.3 is 23.7 Å². The number of rotatable bonds is 11. The van der Waals surface area contributed by atoms with Gasteiger partial charge in [-0.1, -0.05) is 6.07 Å². The number of pyridine rings is 2. The van der Waals surface area contributed by atoms with Crippen molar-refractivity contribution >= 4 is 33.7 Å². The van der Waals surface area contributed by atoms with Crippen molar-refractivity contribution in [2.45, 2.75) is 33.7 Å². The molecule has 0 aliphatic carbocycles. The maximum Gasteiger partial charge on any atom is 0.326 e. The highest BCUT2D eigenvalue weighted by molar-refractivity contribution is 5.97. The van der Waals surface area contributed by atoms with E-state index >= 15 is 0 Å². The molecular weight excluding hydrogens is 448 g/mol. The van der Waals surface area contributed by atoms with Gasteiger partial charge in [0.1, 0.15) is 23.8 Å². The van der Waals surface area contributed by atoms with Crippen molar-refractivity contribution in [1.82, 2.24) is 9.55 Å². The third-order valence-corrected chi connectivity index (χ3v) is 5.33. The van der Waals surface area contributed by atoms with Crippen LogP contribution in [-0.4, -0.2) is 62.0 Å². The van der Waals surface area contributed by atoms with Crippen molar-refractivity contribution < 1.29 is 27.8 Å². The molecule has 34 heavy (non-hydrogen) atoms. The van der Waals surface area contributed by atoms with Crippen molar-refractivity contribution in [3.05, 3.63) is 40.1 Å². The predicted molar refractivity (Wildman–Crippen MR) is 126 cm³/mol. The number of ether oxygens (including phenoxy) is 3. The summed E-state index contributed by atoms with van der Waals surface area (Å²) in [4.78, 5) is 31.9. The summed E-state index contributed by atoms with van der Waals surface area (Å²) in [5.74, 6) is 0.180. The number of alkyl halides is 2. The number of carbonyl (C=O) groups is 1. The molecular formula is C24H29F2N3O5. The van der Waals surface area contributed by atoms with E-state index in [9.17, 15) is 18.4 Å². The second kappa shape index (κ2) is 11.2. The zero-order chi connectivity index (χ0) is 24.8. The Hall–Kier alpha value is -3.27. The predicted octanol–water partition coefficient (Wildman–Crippen LogP) is 3.54. The van der Waals surface area contributed by atoms with Crippen molar-refractivity contribution in [1.29, 1.82) is 0 Å². The summed E-state index contributed by atoms with van der Waals surface area (Å²) < 4.78 is 44.2. The van der Waals surface area contributed by atoms with Crippen molar-refractivity contribution in [3.8, 4) is 5.75 Å². The van der Waals surface area contributed by atoms with Gasteiger partial charge in [-0.2, -0.15) is 0 Å². The van der Waals surface area contributed by atoms with Crippen LogP contribution in [0.3, 0.4) is 0 Å². The van der Waals surface area contributed by atoms with Gasteiger partial charge in [-0.05, 0) is 44.5 Å². The largest absolute Gasteiger partial charge is 0.491 e. The van der Waals surface area contributed by atoms with E-state index in [1.807, 2.05) is 13.8 Å². The minimum atomic E-state index is -2.60. The minimum absolute atomic E-state index is 0.179. The summed E-state index contributed by atoms with van der Waals surface area (Å²) in [6, 6.07) is 6.55. The van der Waals surface area contributed by atoms with E-state index < -0.39 is 18.9 Å². The molecule has 0 aliphatic rings. The topological polar surface area (TPSA) is 82.9 Å². The molecule has 0 radical (unpaired) electrons. The lowest BCUT2D eigenvalue weighted by molar-refractivity contribution is -0.143. The van der Waals surface area contributed by atoms with Gasteiger partial charge in [0.05, 0.1) is 42.7 Å². The summed E-state index contributed by atoms with van der Waals surface area (Å²) in [6.45, 7) is 5.50. The fourth-order valence-corrected chi connectivity index (χ4v) is 3.86. The van der Waals surface area contributed by atoms with E-state index in [0.29, 0.717) is 23.3 Å². The molecule has 3 rings (SSSR count). The Morgan fingerprint density at radius 1 is 1.15 bits per heavy atom. The Labute approximate surface area is 196 Å². The summed E-state index contributed by atoms with van der Waals surface area (Å²) >= 11 is 0. The Morgan fingerprint density at radius 3 is 2.53 bits per heavy atom. The quantitative estimate of drug-likeness (QED) is 0.309. The zero-order valence-electron chi connectivity index (χ0n) is 19.8. The Morgan fingerprint density at radius 2 is 1.88 bits per heavy atom. The average Bonchev–Trinajstić information content (AvgIpc) is 2.80. The Balaban J connectivity index is 2.36. The second-order valence-corrected chi connectivity index (χ2v) is 7.63. The van der Waals surface area contributed by atoms with Gasteiger partial charge >= 0.3 is 5.97 Å². The third kappa shape index (κ3) is 5.27. The molecule has 8 nitrogen and oxygen atoms in total. The highest BCUT2D eigenvalue weighted by Crippen LogP contribution is 2.31. The number of hydrogen-bond acceptors (Lipinski definition) is 7. The fourth-order valence-electron chi connectivity index (χ4n) is 3.86. The number of carbonyl (C=O) groups excluding carboxylic acids is 1. The standard InChI is InChI=1S/C24H29F2N3O5/c1-5-33-20(30)14-29-21-16(8-7-15(3)23(21)34-6-2)22(31)17-9-10-19(27-24(17)29)28(11-12-32-4)13-18(25)26/h7-10,18H,5-6,11-14H2,1-4H3. The van der Waals surface area contributed by atoms with Crippen LogP contribution in [0.4, 0.5) is 14.6 Å². The van der Waals surface area contributed by atoms with E-state index in [1.165, 1.54) is 18.1 Å². The van der Waals surface area contributed by atoms with Gasteiger partial charge in [0.15, 0.2) is 5.43 Å². The molecule has 0 N–H and O–H groups in total. The minimum Gasteiger partial charge on any atom is -0.491 e. The van der Waals surface area contributed by atoms with E-state index in [-0.39, 0.29) is 48.6 Å². The van der Waals surface area contributed by atoms with Gasteiger partial charge in [-0.3, -0.25) is 9.59 Å². The molecule has 2 aromatic heterocycles. The summed E-state index contributed by atoms with van der Waals surface area (Å²) in [7, 11) is 1.48. The molecule has 1 aromatic carbocycles. The van der Waals surface area contributed by atoms with Crippen LogP contribution < -0.4 is 15.1 Å². The number of hydrogen-bond donors (Lipinski definition) is 0. The maximum absolute atomic E-state index is 13.4. The molecule has 0 unspecified atom stereocenters. The smallest absolute Gasteiger partial charge is 0.326 e. The van der Waals surface area contributed by atoms with Gasteiger partial charge in [-0.15, -0.1) is 0 Å². The van der Waals surface area contributed by atoms with Gasteiger partial charge in [0.25, 0.3) is 6.43 Å². The first-order valence-electron chi connectivity index (χ1n) is 11.1. The number of esters is 1. The molecule has 0 spiro atoms. The number of anilines is 1. The van der Waals surface area contributed by atoms with Crippen molar-refractivity contribution in [2.75, 3.05) is 44.9 Å². The zero-order valence-corrected chi connectivity index (χ0v) is 19.8. The SMILES string of the molecule is CCOC(=O)Cn1c2nc(N(CCOC)CC(F)F)ccc2c(=O)c2ccc(C)c(OCC)c21. The first-order valence-corrected chi connectivity index (χ1v) is 11.1. The third-order valence-electron chi connectivity index (χ3n) is 5.33. The lowest BCUT2D eigenvalue weighted by Gasteiger charge is -2.24. The Kier molecular flexibility index (Phi) is 8.38. The molecule has 0 bridgehead atoms. The number of nitrogens with zero attached hydrogens (tertiary/aromatic N) is 3. The first kappa shape index (κ1) is 25.4. The first-order chi connectivity index (χ1) is 16.3. The van der Waals surface area contributed by atoms with Crippen LogP contribution in [0.2, 0.25) is 0 Å². The molecule has 0 saturated carbocycles. The van der Waals surface area contributed by atoms with Crippen LogP contribution in [-0.2, 0) is 20.8 Å². The number of halogens is 2. The number of aryl methyl sites for hydroxylation is 1. The van der Waals surface area contributed by atoms with Crippen LogP contribution in [0, 0.1) is 6.92 Å². The Bertz CT molecular complexity index is 1230. The molecule has 10 heteroatoms. The number of methoxy groups -OCH3 is 1. The van der Waals surface area contributed by atoms with Gasteiger partial charge in [0, 0.05) is 13.7 Å². The van der Waals surface area contributed by atoms with Crippen LogP contribution in [0.25, 0.3) is 21.9 Å².